The Morgan fingerprint density at radius 3 is 2.12 bits per heavy atom. The van der Waals surface area contributed by atoms with Gasteiger partial charge in [0.1, 0.15) is 10.1 Å². The standard InChI is InChI=1S/C10H8O3S.H3N.Na/c11-14(12,13)10-7-3-5-8-4-1-2-6-9(8)10;;/h1-7H,(H,11,12,13);1H3;/q;;+1/p-1. The van der Waals surface area contributed by atoms with E-state index in [4.69, 9.17) is 0 Å². The summed E-state index contributed by atoms with van der Waals surface area (Å²) in [5.41, 5.74) is 0. The molecule has 80 valence electrons. The quantitative estimate of drug-likeness (QED) is 0.512. The molecule has 16 heavy (non-hydrogen) atoms. The van der Waals surface area contributed by atoms with Crippen LogP contribution in [-0.4, -0.2) is 13.0 Å². The topological polar surface area (TPSA) is 92.2 Å². The predicted octanol–water partition coefficient (Wildman–Crippen LogP) is -1.09. The molecule has 2 aromatic carbocycles. The third-order valence-corrected chi connectivity index (χ3v) is 2.91. The van der Waals surface area contributed by atoms with E-state index in [9.17, 15) is 13.0 Å². The first-order valence-electron chi connectivity index (χ1n) is 4.03. The molecule has 3 N–H and O–H groups in total. The van der Waals surface area contributed by atoms with E-state index in [1.807, 2.05) is 0 Å². The molecule has 0 saturated carbocycles. The number of rotatable bonds is 1. The molecule has 6 heteroatoms. The molecule has 0 radical (unpaired) electrons. The van der Waals surface area contributed by atoms with Gasteiger partial charge in [-0.25, -0.2) is 8.42 Å². The van der Waals surface area contributed by atoms with Gasteiger partial charge in [0.15, 0.2) is 0 Å². The van der Waals surface area contributed by atoms with E-state index < -0.39 is 10.1 Å². The molecule has 0 amide bonds. The molecular weight excluding hydrogens is 237 g/mol. The fourth-order valence-corrected chi connectivity index (χ4v) is 2.11. The van der Waals surface area contributed by atoms with E-state index in [2.05, 4.69) is 0 Å². The summed E-state index contributed by atoms with van der Waals surface area (Å²) in [6.07, 6.45) is 0. The van der Waals surface area contributed by atoms with E-state index in [-0.39, 0.29) is 40.6 Å². The van der Waals surface area contributed by atoms with Crippen LogP contribution < -0.4 is 35.7 Å². The van der Waals surface area contributed by atoms with Gasteiger partial charge in [-0.3, -0.25) is 0 Å². The normalized spacial score (nSPS) is 10.3. The minimum Gasteiger partial charge on any atom is -0.744 e. The second kappa shape index (κ2) is 5.77. The zero-order valence-corrected chi connectivity index (χ0v) is 11.7. The van der Waals surface area contributed by atoms with Gasteiger partial charge in [0.2, 0.25) is 0 Å². The van der Waals surface area contributed by atoms with Crippen LogP contribution >= 0.6 is 0 Å². The molecule has 0 aliphatic carbocycles. The second-order valence-corrected chi connectivity index (χ2v) is 4.28. The van der Waals surface area contributed by atoms with Crippen molar-refractivity contribution in [2.24, 2.45) is 0 Å². The molecular formula is C10H10NNaO3S. The van der Waals surface area contributed by atoms with E-state index in [0.29, 0.717) is 5.39 Å². The van der Waals surface area contributed by atoms with Crippen molar-refractivity contribution < 1.29 is 42.5 Å². The molecule has 0 unspecified atom stereocenters. The molecule has 0 heterocycles. The van der Waals surface area contributed by atoms with Gasteiger partial charge in [-0.2, -0.15) is 0 Å². The van der Waals surface area contributed by atoms with Crippen LogP contribution in [0.1, 0.15) is 0 Å². The molecule has 0 aliphatic rings. The first-order chi connectivity index (χ1) is 6.59. The van der Waals surface area contributed by atoms with Crippen LogP contribution in [0, 0.1) is 0 Å². The van der Waals surface area contributed by atoms with Crippen LogP contribution in [-0.2, 0) is 10.1 Å². The molecule has 0 aromatic heterocycles. The van der Waals surface area contributed by atoms with Crippen LogP contribution in [0.5, 0.6) is 0 Å². The minimum absolute atomic E-state index is 0. The summed E-state index contributed by atoms with van der Waals surface area (Å²) in [5, 5.41) is 1.23. The summed E-state index contributed by atoms with van der Waals surface area (Å²) in [6.45, 7) is 0. The van der Waals surface area contributed by atoms with Crippen molar-refractivity contribution in [3.05, 3.63) is 42.5 Å². The molecule has 0 aliphatic heterocycles. The van der Waals surface area contributed by atoms with Crippen molar-refractivity contribution in [1.82, 2.24) is 6.15 Å². The summed E-state index contributed by atoms with van der Waals surface area (Å²) in [4.78, 5) is -0.157. The molecule has 2 rings (SSSR count). The maximum atomic E-state index is 10.9. The van der Waals surface area contributed by atoms with E-state index >= 15 is 0 Å². The van der Waals surface area contributed by atoms with Crippen LogP contribution in [0.2, 0.25) is 0 Å². The molecule has 4 nitrogen and oxygen atoms in total. The molecule has 0 bridgehead atoms. The molecule has 0 saturated heterocycles. The van der Waals surface area contributed by atoms with Crippen molar-refractivity contribution in [1.29, 1.82) is 0 Å². The Morgan fingerprint density at radius 1 is 0.938 bits per heavy atom. The van der Waals surface area contributed by atoms with E-state index in [0.717, 1.165) is 5.39 Å². The zero-order valence-electron chi connectivity index (χ0n) is 8.88. The van der Waals surface area contributed by atoms with Crippen molar-refractivity contribution in [2.45, 2.75) is 4.90 Å². The monoisotopic (exact) mass is 247 g/mol. The van der Waals surface area contributed by atoms with Crippen LogP contribution in [0.3, 0.4) is 0 Å². The summed E-state index contributed by atoms with van der Waals surface area (Å²) >= 11 is 0. The zero-order chi connectivity index (χ0) is 10.2. The maximum Gasteiger partial charge on any atom is 1.00 e. The third-order valence-electron chi connectivity index (χ3n) is 2.02. The number of hydrogen-bond donors (Lipinski definition) is 1. The van der Waals surface area contributed by atoms with Crippen LogP contribution in [0.25, 0.3) is 10.8 Å². The van der Waals surface area contributed by atoms with Gasteiger partial charge in [-0.1, -0.05) is 36.4 Å². The Kier molecular flexibility index (Phi) is 5.61. The van der Waals surface area contributed by atoms with Crippen LogP contribution in [0.4, 0.5) is 0 Å². The minimum atomic E-state index is -4.38. The summed E-state index contributed by atoms with van der Waals surface area (Å²) in [6, 6.07) is 11.5. The Bertz CT molecular complexity index is 578. The largest absolute Gasteiger partial charge is 1.00 e. The fourth-order valence-electron chi connectivity index (χ4n) is 1.41. The molecule has 2 aromatic rings. The van der Waals surface area contributed by atoms with E-state index in [1.54, 1.807) is 36.4 Å². The van der Waals surface area contributed by atoms with Crippen molar-refractivity contribution in [3.8, 4) is 0 Å². The van der Waals surface area contributed by atoms with Crippen molar-refractivity contribution in [3.63, 3.8) is 0 Å². The average molecular weight is 247 g/mol. The number of hydrogen-bond acceptors (Lipinski definition) is 4. The molecule has 0 spiro atoms. The molecule has 0 fully saturated rings. The van der Waals surface area contributed by atoms with Gasteiger partial charge < -0.3 is 10.7 Å². The van der Waals surface area contributed by atoms with Gasteiger partial charge in [0, 0.05) is 0 Å². The van der Waals surface area contributed by atoms with E-state index in [1.165, 1.54) is 6.07 Å². The Balaban J connectivity index is 0.00000112. The average Bonchev–Trinajstić information content (AvgIpc) is 2.15. The summed E-state index contributed by atoms with van der Waals surface area (Å²) in [7, 11) is -4.38. The smallest absolute Gasteiger partial charge is 0.744 e. The predicted molar refractivity (Wildman–Crippen MR) is 56.9 cm³/mol. The van der Waals surface area contributed by atoms with Gasteiger partial charge in [0.05, 0.1) is 4.90 Å². The second-order valence-electron chi connectivity index (χ2n) is 2.93. The fraction of sp³-hybridized carbons (Fsp3) is 0. The SMILES string of the molecule is N.O=S(=O)([O-])c1cccc2ccccc12.[Na+]. The molecule has 0 atom stereocenters. The number of fused-ring (bicyclic) bond motifs is 1. The summed E-state index contributed by atoms with van der Waals surface area (Å²) < 4.78 is 32.7. The first kappa shape index (κ1) is 15.6. The Labute approximate surface area is 116 Å². The van der Waals surface area contributed by atoms with Crippen molar-refractivity contribution in [2.75, 3.05) is 0 Å². The summed E-state index contributed by atoms with van der Waals surface area (Å²) in [5.74, 6) is 0. The van der Waals surface area contributed by atoms with Gasteiger partial charge >= 0.3 is 29.6 Å². The first-order valence-corrected chi connectivity index (χ1v) is 5.43. The maximum absolute atomic E-state index is 10.9. The van der Waals surface area contributed by atoms with Gasteiger partial charge in [-0.05, 0) is 16.8 Å². The van der Waals surface area contributed by atoms with Gasteiger partial charge in [0.25, 0.3) is 0 Å². The third kappa shape index (κ3) is 3.04. The van der Waals surface area contributed by atoms with Gasteiger partial charge in [-0.15, -0.1) is 0 Å². The Morgan fingerprint density at radius 2 is 1.50 bits per heavy atom. The number of benzene rings is 2. The van der Waals surface area contributed by atoms with Crippen molar-refractivity contribution >= 4 is 20.9 Å². The Hall–Kier alpha value is -0.430. The van der Waals surface area contributed by atoms with Crippen LogP contribution in [0.15, 0.2) is 47.4 Å².